The maximum absolute atomic E-state index is 13.9. The highest BCUT2D eigenvalue weighted by atomic mass is 35.5. The van der Waals surface area contributed by atoms with Gasteiger partial charge in [-0.05, 0) is 23.8 Å². The first kappa shape index (κ1) is 16.9. The van der Waals surface area contributed by atoms with Gasteiger partial charge in [0.2, 0.25) is 0 Å². The van der Waals surface area contributed by atoms with E-state index in [2.05, 4.69) is 5.32 Å². The lowest BCUT2D eigenvalue weighted by molar-refractivity contribution is -0.137. The Morgan fingerprint density at radius 2 is 1.96 bits per heavy atom. The number of halogens is 5. The lowest BCUT2D eigenvalue weighted by atomic mass is 9.97. The second kappa shape index (κ2) is 6.14. The van der Waals surface area contributed by atoms with Gasteiger partial charge in [0.25, 0.3) is 0 Å². The standard InChI is InChI=1S/C16H13ClF4N2O/c17-8-1-2-11(13(3-8)16(19,20)21)12-4-9(18)5-14-15(12)24-10(6-22)7-23-14/h1-5,10,23H,6-7,22H2/t10-/m1/s1. The summed E-state index contributed by atoms with van der Waals surface area (Å²) in [7, 11) is 0. The molecule has 1 aliphatic rings. The monoisotopic (exact) mass is 360 g/mol. The molecule has 1 atom stereocenters. The number of ether oxygens (including phenoxy) is 1. The minimum Gasteiger partial charge on any atom is -0.484 e. The lowest BCUT2D eigenvalue weighted by Gasteiger charge is -2.29. The van der Waals surface area contributed by atoms with Crippen LogP contribution in [0.1, 0.15) is 5.56 Å². The minimum atomic E-state index is -4.64. The average molecular weight is 361 g/mol. The molecule has 0 saturated heterocycles. The molecule has 0 saturated carbocycles. The molecule has 0 bridgehead atoms. The molecule has 8 heteroatoms. The minimum absolute atomic E-state index is 0.000332. The zero-order valence-electron chi connectivity index (χ0n) is 12.3. The molecule has 2 aromatic carbocycles. The first-order chi connectivity index (χ1) is 11.3. The molecule has 3 nitrogen and oxygen atoms in total. The SMILES string of the molecule is NC[C@@H]1CNc2cc(F)cc(-c3ccc(Cl)cc3C(F)(F)F)c2O1. The summed E-state index contributed by atoms with van der Waals surface area (Å²) in [6.45, 7) is 0.523. The molecule has 24 heavy (non-hydrogen) atoms. The molecule has 1 heterocycles. The van der Waals surface area contributed by atoms with Crippen molar-refractivity contribution >= 4 is 17.3 Å². The highest BCUT2D eigenvalue weighted by Crippen LogP contribution is 2.45. The Kier molecular flexibility index (Phi) is 4.31. The molecule has 3 rings (SSSR count). The van der Waals surface area contributed by atoms with Gasteiger partial charge in [-0.15, -0.1) is 0 Å². The van der Waals surface area contributed by atoms with Gasteiger partial charge in [-0.1, -0.05) is 17.7 Å². The van der Waals surface area contributed by atoms with E-state index in [1.54, 1.807) is 0 Å². The van der Waals surface area contributed by atoms with Crippen molar-refractivity contribution < 1.29 is 22.3 Å². The Labute approximate surface area is 140 Å². The molecule has 3 N–H and O–H groups in total. The summed E-state index contributed by atoms with van der Waals surface area (Å²) in [4.78, 5) is 0. The van der Waals surface area contributed by atoms with Crippen LogP contribution in [0.25, 0.3) is 11.1 Å². The molecule has 0 amide bonds. The Balaban J connectivity index is 2.23. The first-order valence-electron chi connectivity index (χ1n) is 7.11. The Morgan fingerprint density at radius 3 is 2.62 bits per heavy atom. The van der Waals surface area contributed by atoms with E-state index in [-0.39, 0.29) is 34.1 Å². The van der Waals surface area contributed by atoms with Gasteiger partial charge in [0.15, 0.2) is 5.75 Å². The van der Waals surface area contributed by atoms with E-state index < -0.39 is 23.7 Å². The quantitative estimate of drug-likeness (QED) is 0.785. The number of alkyl halides is 3. The van der Waals surface area contributed by atoms with Crippen molar-refractivity contribution in [3.63, 3.8) is 0 Å². The van der Waals surface area contributed by atoms with Gasteiger partial charge in [0, 0.05) is 23.2 Å². The van der Waals surface area contributed by atoms with Crippen LogP contribution < -0.4 is 15.8 Å². The molecule has 0 aromatic heterocycles. The molecular formula is C16H13ClF4N2O. The second-order valence-electron chi connectivity index (χ2n) is 5.37. The number of benzene rings is 2. The number of rotatable bonds is 2. The van der Waals surface area contributed by atoms with Gasteiger partial charge in [-0.25, -0.2) is 4.39 Å². The van der Waals surface area contributed by atoms with Crippen molar-refractivity contribution in [1.29, 1.82) is 0 Å². The molecular weight excluding hydrogens is 348 g/mol. The Morgan fingerprint density at radius 1 is 1.21 bits per heavy atom. The van der Waals surface area contributed by atoms with E-state index in [9.17, 15) is 17.6 Å². The predicted molar refractivity (Wildman–Crippen MR) is 83.8 cm³/mol. The van der Waals surface area contributed by atoms with Crippen LogP contribution in [0.2, 0.25) is 5.02 Å². The smallest absolute Gasteiger partial charge is 0.417 e. The zero-order valence-corrected chi connectivity index (χ0v) is 13.0. The topological polar surface area (TPSA) is 47.3 Å². The number of fused-ring (bicyclic) bond motifs is 1. The third kappa shape index (κ3) is 3.14. The fraction of sp³-hybridized carbons (Fsp3) is 0.250. The van der Waals surface area contributed by atoms with Crippen LogP contribution in [-0.4, -0.2) is 19.2 Å². The maximum atomic E-state index is 13.9. The van der Waals surface area contributed by atoms with Crippen LogP contribution in [-0.2, 0) is 6.18 Å². The van der Waals surface area contributed by atoms with Gasteiger partial charge in [-0.2, -0.15) is 13.2 Å². The third-order valence-corrected chi connectivity index (χ3v) is 3.93. The molecule has 0 fully saturated rings. The van der Waals surface area contributed by atoms with Crippen LogP contribution in [0.5, 0.6) is 5.75 Å². The van der Waals surface area contributed by atoms with Crippen molar-refractivity contribution in [2.45, 2.75) is 12.3 Å². The normalized spacial score (nSPS) is 17.0. The average Bonchev–Trinajstić information content (AvgIpc) is 2.53. The largest absolute Gasteiger partial charge is 0.484 e. The van der Waals surface area contributed by atoms with Gasteiger partial charge in [0.1, 0.15) is 11.9 Å². The molecule has 128 valence electrons. The lowest BCUT2D eigenvalue weighted by Crippen LogP contribution is -2.37. The predicted octanol–water partition coefficient (Wildman–Crippen LogP) is 4.30. The molecule has 0 spiro atoms. The van der Waals surface area contributed by atoms with Crippen molar-refractivity contribution in [3.05, 3.63) is 46.7 Å². The summed E-state index contributed by atoms with van der Waals surface area (Å²) in [5, 5.41) is 2.87. The summed E-state index contributed by atoms with van der Waals surface area (Å²) >= 11 is 5.70. The fourth-order valence-electron chi connectivity index (χ4n) is 2.60. The Hall–Kier alpha value is -1.99. The van der Waals surface area contributed by atoms with Gasteiger partial charge in [0.05, 0.1) is 17.8 Å². The maximum Gasteiger partial charge on any atom is 0.417 e. The van der Waals surface area contributed by atoms with Gasteiger partial charge in [-0.3, -0.25) is 0 Å². The van der Waals surface area contributed by atoms with Crippen LogP contribution >= 0.6 is 11.6 Å². The Bertz CT molecular complexity index is 779. The zero-order chi connectivity index (χ0) is 17.5. The molecule has 1 aliphatic heterocycles. The van der Waals surface area contributed by atoms with E-state index in [1.807, 2.05) is 0 Å². The van der Waals surface area contributed by atoms with Crippen molar-refractivity contribution in [2.24, 2.45) is 5.73 Å². The summed E-state index contributed by atoms with van der Waals surface area (Å²) in [5.74, 6) is -0.528. The number of nitrogens with two attached hydrogens (primary N) is 1. The summed E-state index contributed by atoms with van der Waals surface area (Å²) < 4.78 is 59.6. The number of nitrogens with one attached hydrogen (secondary N) is 1. The van der Waals surface area contributed by atoms with Crippen LogP contribution in [0.4, 0.5) is 23.2 Å². The highest BCUT2D eigenvalue weighted by Gasteiger charge is 2.35. The van der Waals surface area contributed by atoms with Crippen LogP contribution in [0, 0.1) is 5.82 Å². The van der Waals surface area contributed by atoms with E-state index in [0.29, 0.717) is 6.54 Å². The molecule has 0 unspecified atom stereocenters. The van der Waals surface area contributed by atoms with E-state index in [4.69, 9.17) is 22.1 Å². The van der Waals surface area contributed by atoms with Crippen molar-refractivity contribution in [1.82, 2.24) is 0 Å². The van der Waals surface area contributed by atoms with E-state index in [0.717, 1.165) is 12.1 Å². The fourth-order valence-corrected chi connectivity index (χ4v) is 2.77. The van der Waals surface area contributed by atoms with Crippen molar-refractivity contribution in [2.75, 3.05) is 18.4 Å². The summed E-state index contributed by atoms with van der Waals surface area (Å²) in [6.07, 6.45) is -5.06. The molecule has 0 aliphatic carbocycles. The first-order valence-corrected chi connectivity index (χ1v) is 7.48. The van der Waals surface area contributed by atoms with Gasteiger partial charge < -0.3 is 15.8 Å². The van der Waals surface area contributed by atoms with Crippen LogP contribution in [0.3, 0.4) is 0 Å². The molecule has 0 radical (unpaired) electrons. The van der Waals surface area contributed by atoms with Gasteiger partial charge >= 0.3 is 6.18 Å². The second-order valence-corrected chi connectivity index (χ2v) is 5.81. The highest BCUT2D eigenvalue weighted by molar-refractivity contribution is 6.30. The summed E-state index contributed by atoms with van der Waals surface area (Å²) in [6, 6.07) is 5.52. The van der Waals surface area contributed by atoms with E-state index in [1.165, 1.54) is 18.2 Å². The number of hydrogen-bond donors (Lipinski definition) is 2. The number of anilines is 1. The molecule has 2 aromatic rings. The third-order valence-electron chi connectivity index (χ3n) is 3.70. The van der Waals surface area contributed by atoms with E-state index >= 15 is 0 Å². The summed E-state index contributed by atoms with van der Waals surface area (Å²) in [5.41, 5.74) is 4.69. The van der Waals surface area contributed by atoms with Crippen molar-refractivity contribution in [3.8, 4) is 16.9 Å². The number of hydrogen-bond acceptors (Lipinski definition) is 3. The van der Waals surface area contributed by atoms with Crippen LogP contribution in [0.15, 0.2) is 30.3 Å².